The summed E-state index contributed by atoms with van der Waals surface area (Å²) in [7, 11) is 4.02. The van der Waals surface area contributed by atoms with Gasteiger partial charge in [0.2, 0.25) is 0 Å². The van der Waals surface area contributed by atoms with Crippen LogP contribution in [0.4, 0.5) is 5.82 Å². The van der Waals surface area contributed by atoms with E-state index in [0.29, 0.717) is 29.8 Å². The molecule has 1 heterocycles. The number of anilines is 1. The Hall–Kier alpha value is -1.69. The number of hydrogen-bond acceptors (Lipinski definition) is 5. The lowest BCUT2D eigenvalue weighted by molar-refractivity contribution is 0.0943. The van der Waals surface area contributed by atoms with Crippen LogP contribution in [0.1, 0.15) is 30.2 Å². The fourth-order valence-corrected chi connectivity index (χ4v) is 1.57. The van der Waals surface area contributed by atoms with Gasteiger partial charge in [-0.25, -0.2) is 9.97 Å². The lowest BCUT2D eigenvalue weighted by Gasteiger charge is -2.12. The average Bonchev–Trinajstić information content (AvgIpc) is 2.34. The minimum Gasteiger partial charge on any atom is -0.369 e. The molecular weight excluding hydrogens is 254 g/mol. The smallest absolute Gasteiger partial charge is 0.270 e. The SMILES string of the molecule is Cc1nc(NCCN(C)C)cc(C(=O)NCC(C)C)n1. The predicted molar refractivity (Wildman–Crippen MR) is 81.0 cm³/mol. The van der Waals surface area contributed by atoms with Crippen LogP contribution in [0, 0.1) is 12.8 Å². The van der Waals surface area contributed by atoms with Gasteiger partial charge in [-0.15, -0.1) is 0 Å². The van der Waals surface area contributed by atoms with Crippen LogP contribution in [-0.2, 0) is 0 Å². The van der Waals surface area contributed by atoms with Gasteiger partial charge in [0.25, 0.3) is 5.91 Å². The van der Waals surface area contributed by atoms with E-state index in [1.807, 2.05) is 14.1 Å². The molecule has 1 aromatic rings. The number of nitrogens with zero attached hydrogens (tertiary/aromatic N) is 3. The molecular formula is C14H25N5O. The van der Waals surface area contributed by atoms with E-state index < -0.39 is 0 Å². The summed E-state index contributed by atoms with van der Waals surface area (Å²) in [6.07, 6.45) is 0. The Labute approximate surface area is 121 Å². The van der Waals surface area contributed by atoms with Crippen molar-refractivity contribution in [1.82, 2.24) is 20.2 Å². The highest BCUT2D eigenvalue weighted by Crippen LogP contribution is 2.06. The molecule has 0 atom stereocenters. The Bertz CT molecular complexity index is 445. The highest BCUT2D eigenvalue weighted by molar-refractivity contribution is 5.92. The van der Waals surface area contributed by atoms with Crippen LogP contribution in [0.2, 0.25) is 0 Å². The van der Waals surface area contributed by atoms with Gasteiger partial charge in [0.15, 0.2) is 0 Å². The Kier molecular flexibility index (Phi) is 6.38. The van der Waals surface area contributed by atoms with Gasteiger partial charge in [0, 0.05) is 25.7 Å². The van der Waals surface area contributed by atoms with Crippen LogP contribution < -0.4 is 10.6 Å². The third-order valence-corrected chi connectivity index (χ3v) is 2.61. The van der Waals surface area contributed by atoms with Crippen molar-refractivity contribution in [1.29, 1.82) is 0 Å². The van der Waals surface area contributed by atoms with E-state index in [1.54, 1.807) is 13.0 Å². The molecule has 6 heteroatoms. The van der Waals surface area contributed by atoms with Crippen LogP contribution in [0.3, 0.4) is 0 Å². The summed E-state index contributed by atoms with van der Waals surface area (Å²) >= 11 is 0. The summed E-state index contributed by atoms with van der Waals surface area (Å²) in [6.45, 7) is 8.22. The highest BCUT2D eigenvalue weighted by Gasteiger charge is 2.10. The molecule has 112 valence electrons. The first-order chi connectivity index (χ1) is 9.38. The monoisotopic (exact) mass is 279 g/mol. The predicted octanol–water partition coefficient (Wildman–Crippen LogP) is 1.14. The molecule has 0 aliphatic carbocycles. The zero-order valence-electron chi connectivity index (χ0n) is 13.0. The summed E-state index contributed by atoms with van der Waals surface area (Å²) in [6, 6.07) is 1.69. The maximum atomic E-state index is 12.0. The van der Waals surface area contributed by atoms with E-state index in [-0.39, 0.29) is 5.91 Å². The lowest BCUT2D eigenvalue weighted by atomic mass is 10.2. The molecule has 1 aromatic heterocycles. The second-order valence-electron chi connectivity index (χ2n) is 5.52. The molecule has 1 amide bonds. The molecule has 0 aromatic carbocycles. The van der Waals surface area contributed by atoms with E-state index in [0.717, 1.165) is 13.1 Å². The third-order valence-electron chi connectivity index (χ3n) is 2.61. The molecule has 20 heavy (non-hydrogen) atoms. The van der Waals surface area contributed by atoms with Gasteiger partial charge in [0.1, 0.15) is 17.3 Å². The summed E-state index contributed by atoms with van der Waals surface area (Å²) in [5.74, 6) is 1.54. The molecule has 0 radical (unpaired) electrons. The average molecular weight is 279 g/mol. The zero-order valence-corrected chi connectivity index (χ0v) is 13.0. The molecule has 0 saturated carbocycles. The molecule has 0 aliphatic rings. The molecule has 0 spiro atoms. The molecule has 1 rings (SSSR count). The maximum absolute atomic E-state index is 12.0. The Morgan fingerprint density at radius 1 is 1.35 bits per heavy atom. The van der Waals surface area contributed by atoms with Gasteiger partial charge >= 0.3 is 0 Å². The van der Waals surface area contributed by atoms with Crippen molar-refractivity contribution in [2.75, 3.05) is 39.0 Å². The lowest BCUT2D eigenvalue weighted by Crippen LogP contribution is -2.28. The standard InChI is InChI=1S/C14H25N5O/c1-10(2)9-16-14(20)12-8-13(18-11(3)17-12)15-6-7-19(4)5/h8,10H,6-7,9H2,1-5H3,(H,16,20)(H,15,17,18). The maximum Gasteiger partial charge on any atom is 0.270 e. The van der Waals surface area contributed by atoms with Crippen LogP contribution >= 0.6 is 0 Å². The second kappa shape index (κ2) is 7.79. The number of carbonyl (C=O) groups excluding carboxylic acids is 1. The zero-order chi connectivity index (χ0) is 15.1. The van der Waals surface area contributed by atoms with Gasteiger partial charge in [-0.3, -0.25) is 4.79 Å². The summed E-state index contributed by atoms with van der Waals surface area (Å²) in [4.78, 5) is 22.5. The normalized spacial score (nSPS) is 10.9. The van der Waals surface area contributed by atoms with Crippen LogP contribution in [0.15, 0.2) is 6.07 Å². The Morgan fingerprint density at radius 2 is 2.05 bits per heavy atom. The largest absolute Gasteiger partial charge is 0.369 e. The number of likely N-dealkylation sites (N-methyl/N-ethyl adjacent to an activating group) is 1. The van der Waals surface area contributed by atoms with Gasteiger partial charge in [-0.05, 0) is 26.9 Å². The minimum absolute atomic E-state index is 0.153. The molecule has 2 N–H and O–H groups in total. The number of rotatable bonds is 7. The first-order valence-corrected chi connectivity index (χ1v) is 6.91. The summed E-state index contributed by atoms with van der Waals surface area (Å²) in [5, 5.41) is 6.07. The minimum atomic E-state index is -0.153. The van der Waals surface area contributed by atoms with Crippen molar-refractivity contribution in [2.45, 2.75) is 20.8 Å². The molecule has 0 unspecified atom stereocenters. The molecule has 0 bridgehead atoms. The number of carbonyl (C=O) groups is 1. The van der Waals surface area contributed by atoms with Crippen molar-refractivity contribution in [3.63, 3.8) is 0 Å². The summed E-state index contributed by atoms with van der Waals surface area (Å²) in [5.41, 5.74) is 0.408. The first-order valence-electron chi connectivity index (χ1n) is 6.91. The van der Waals surface area contributed by atoms with E-state index in [4.69, 9.17) is 0 Å². The topological polar surface area (TPSA) is 70.2 Å². The van der Waals surface area contributed by atoms with Crippen molar-refractivity contribution >= 4 is 11.7 Å². The van der Waals surface area contributed by atoms with E-state index in [9.17, 15) is 4.79 Å². The molecule has 6 nitrogen and oxygen atoms in total. The molecule has 0 aliphatic heterocycles. The van der Waals surface area contributed by atoms with Crippen molar-refractivity contribution in [2.24, 2.45) is 5.92 Å². The molecule has 0 fully saturated rings. The quantitative estimate of drug-likeness (QED) is 0.783. The number of hydrogen-bond donors (Lipinski definition) is 2. The Balaban J connectivity index is 2.67. The number of aromatic nitrogens is 2. The number of nitrogens with one attached hydrogen (secondary N) is 2. The second-order valence-corrected chi connectivity index (χ2v) is 5.52. The van der Waals surface area contributed by atoms with Crippen LogP contribution in [0.5, 0.6) is 0 Å². The van der Waals surface area contributed by atoms with Crippen molar-refractivity contribution in [3.05, 3.63) is 17.6 Å². The molecule has 0 saturated heterocycles. The number of amides is 1. The highest BCUT2D eigenvalue weighted by atomic mass is 16.1. The first kappa shape index (κ1) is 16.4. The number of aryl methyl sites for hydroxylation is 1. The van der Waals surface area contributed by atoms with Gasteiger partial charge < -0.3 is 15.5 Å². The fourth-order valence-electron chi connectivity index (χ4n) is 1.57. The third kappa shape index (κ3) is 5.97. The van der Waals surface area contributed by atoms with Crippen LogP contribution in [-0.4, -0.2) is 54.5 Å². The van der Waals surface area contributed by atoms with Crippen molar-refractivity contribution < 1.29 is 4.79 Å². The Morgan fingerprint density at radius 3 is 2.65 bits per heavy atom. The summed E-state index contributed by atoms with van der Waals surface area (Å²) < 4.78 is 0. The van der Waals surface area contributed by atoms with Gasteiger partial charge in [-0.1, -0.05) is 13.8 Å². The van der Waals surface area contributed by atoms with E-state index >= 15 is 0 Å². The van der Waals surface area contributed by atoms with E-state index in [1.165, 1.54) is 0 Å². The van der Waals surface area contributed by atoms with Gasteiger partial charge in [-0.2, -0.15) is 0 Å². The van der Waals surface area contributed by atoms with E-state index in [2.05, 4.69) is 39.3 Å². The van der Waals surface area contributed by atoms with Crippen LogP contribution in [0.25, 0.3) is 0 Å². The fraction of sp³-hybridized carbons (Fsp3) is 0.643. The van der Waals surface area contributed by atoms with Gasteiger partial charge in [0.05, 0.1) is 0 Å². The van der Waals surface area contributed by atoms with Crippen molar-refractivity contribution in [3.8, 4) is 0 Å².